The molecular formula is C23H22N4O2S. The Morgan fingerprint density at radius 2 is 2.00 bits per heavy atom. The number of aromatic nitrogens is 3. The van der Waals surface area contributed by atoms with Crippen molar-refractivity contribution < 1.29 is 4.79 Å². The van der Waals surface area contributed by atoms with Crippen LogP contribution in [0.2, 0.25) is 0 Å². The van der Waals surface area contributed by atoms with Crippen molar-refractivity contribution in [1.29, 1.82) is 0 Å². The molecule has 1 amide bonds. The Hall–Kier alpha value is -3.19. The highest BCUT2D eigenvalue weighted by atomic mass is 32.1. The van der Waals surface area contributed by atoms with E-state index in [1.165, 1.54) is 11.3 Å². The van der Waals surface area contributed by atoms with Gasteiger partial charge < -0.3 is 4.90 Å². The zero-order valence-electron chi connectivity index (χ0n) is 16.5. The summed E-state index contributed by atoms with van der Waals surface area (Å²) in [4.78, 5) is 32.7. The number of hydrogen-bond acceptors (Lipinski definition) is 4. The summed E-state index contributed by atoms with van der Waals surface area (Å²) >= 11 is 1.52. The summed E-state index contributed by atoms with van der Waals surface area (Å²) in [7, 11) is 0. The van der Waals surface area contributed by atoms with E-state index >= 15 is 0 Å². The first-order valence-electron chi connectivity index (χ1n) is 10.1. The molecule has 6 nitrogen and oxygen atoms in total. The Balaban J connectivity index is 1.52. The number of piperidine rings is 1. The summed E-state index contributed by atoms with van der Waals surface area (Å²) in [6.45, 7) is 1.74. The van der Waals surface area contributed by atoms with Gasteiger partial charge in [0.1, 0.15) is 0 Å². The molecule has 0 aliphatic carbocycles. The van der Waals surface area contributed by atoms with E-state index in [9.17, 15) is 9.59 Å². The Labute approximate surface area is 178 Å². The van der Waals surface area contributed by atoms with E-state index < -0.39 is 0 Å². The highest BCUT2D eigenvalue weighted by Crippen LogP contribution is 2.25. The van der Waals surface area contributed by atoms with E-state index in [0.717, 1.165) is 36.0 Å². The van der Waals surface area contributed by atoms with Gasteiger partial charge in [0.15, 0.2) is 5.65 Å². The molecule has 152 valence electrons. The average Bonchev–Trinajstić information content (AvgIpc) is 3.42. The molecule has 1 atom stereocenters. The maximum absolute atomic E-state index is 13.5. The van der Waals surface area contributed by atoms with Gasteiger partial charge in [0.05, 0.1) is 23.7 Å². The Kier molecular flexibility index (Phi) is 4.96. The molecule has 0 radical (unpaired) electrons. The highest BCUT2D eigenvalue weighted by Gasteiger charge is 2.29. The number of thiophene rings is 1. The van der Waals surface area contributed by atoms with Crippen LogP contribution in [0.25, 0.3) is 11.2 Å². The number of likely N-dealkylation sites (tertiary alicyclic amines) is 1. The second-order valence-electron chi connectivity index (χ2n) is 7.63. The van der Waals surface area contributed by atoms with E-state index in [-0.39, 0.29) is 17.6 Å². The first kappa shape index (κ1) is 18.8. The second-order valence-corrected chi connectivity index (χ2v) is 8.41. The molecule has 1 saturated heterocycles. The van der Waals surface area contributed by atoms with Gasteiger partial charge in [-0.3, -0.25) is 13.9 Å². The number of hydrogen-bond donors (Lipinski definition) is 0. The fourth-order valence-corrected chi connectivity index (χ4v) is 4.90. The minimum absolute atomic E-state index is 0.0370. The molecule has 7 heteroatoms. The summed E-state index contributed by atoms with van der Waals surface area (Å²) in [5.41, 5.74) is 3.24. The molecule has 3 aromatic heterocycles. The first-order chi connectivity index (χ1) is 14.7. The molecule has 0 bridgehead atoms. The second kappa shape index (κ2) is 7.91. The summed E-state index contributed by atoms with van der Waals surface area (Å²) < 4.78 is 3.59. The standard InChI is InChI=1S/C23H22N4O2S/c28-22(18-10-13-30-16-18)25-12-5-8-19(15-25)27-21-20(9-4-11-24-21)26(23(27)29)14-17-6-2-1-3-7-17/h1-4,6-7,9-11,13,16,19H,5,8,12,14-15H2/t19-/m0/s1. The summed E-state index contributed by atoms with van der Waals surface area (Å²) in [6.07, 6.45) is 3.45. The molecule has 30 heavy (non-hydrogen) atoms. The van der Waals surface area contributed by atoms with E-state index in [1.807, 2.05) is 64.2 Å². The Bertz CT molecular complexity index is 1230. The minimum Gasteiger partial charge on any atom is -0.337 e. The fourth-order valence-electron chi connectivity index (χ4n) is 4.28. The van der Waals surface area contributed by atoms with Crippen molar-refractivity contribution in [3.63, 3.8) is 0 Å². The zero-order valence-corrected chi connectivity index (χ0v) is 17.3. The van der Waals surface area contributed by atoms with Crippen LogP contribution in [0.3, 0.4) is 0 Å². The number of pyridine rings is 1. The highest BCUT2D eigenvalue weighted by molar-refractivity contribution is 7.08. The molecule has 1 aliphatic heterocycles. The van der Waals surface area contributed by atoms with Gasteiger partial charge in [-0.05, 0) is 42.0 Å². The number of nitrogens with zero attached hydrogens (tertiary/aromatic N) is 4. The van der Waals surface area contributed by atoms with Crippen LogP contribution in [0.1, 0.15) is 34.8 Å². The maximum atomic E-state index is 13.5. The van der Waals surface area contributed by atoms with Crippen molar-refractivity contribution in [1.82, 2.24) is 19.0 Å². The van der Waals surface area contributed by atoms with E-state index in [4.69, 9.17) is 0 Å². The van der Waals surface area contributed by atoms with E-state index in [0.29, 0.717) is 18.7 Å². The van der Waals surface area contributed by atoms with Crippen LogP contribution in [0.15, 0.2) is 70.3 Å². The molecule has 0 saturated carbocycles. The number of carbonyl (C=O) groups excluding carboxylic acids is 1. The van der Waals surface area contributed by atoms with Gasteiger partial charge in [0.2, 0.25) is 0 Å². The van der Waals surface area contributed by atoms with Crippen molar-refractivity contribution in [2.45, 2.75) is 25.4 Å². The van der Waals surface area contributed by atoms with Crippen molar-refractivity contribution >= 4 is 28.4 Å². The molecule has 5 rings (SSSR count). The van der Waals surface area contributed by atoms with Gasteiger partial charge in [-0.1, -0.05) is 30.3 Å². The van der Waals surface area contributed by atoms with Crippen LogP contribution in [0.5, 0.6) is 0 Å². The Morgan fingerprint density at radius 1 is 1.13 bits per heavy atom. The fraction of sp³-hybridized carbons (Fsp3) is 0.261. The molecular weight excluding hydrogens is 396 g/mol. The van der Waals surface area contributed by atoms with Crippen molar-refractivity contribution in [2.75, 3.05) is 13.1 Å². The summed E-state index contributed by atoms with van der Waals surface area (Å²) in [5.74, 6) is 0.0370. The molecule has 0 unspecified atom stereocenters. The zero-order chi connectivity index (χ0) is 20.5. The largest absolute Gasteiger partial charge is 0.337 e. The normalized spacial score (nSPS) is 16.8. The third-order valence-corrected chi connectivity index (χ3v) is 6.41. The van der Waals surface area contributed by atoms with Gasteiger partial charge in [0, 0.05) is 24.7 Å². The van der Waals surface area contributed by atoms with Crippen molar-refractivity contribution in [2.24, 2.45) is 0 Å². The third kappa shape index (κ3) is 3.35. The molecule has 1 aromatic carbocycles. The van der Waals surface area contributed by atoms with Crippen LogP contribution < -0.4 is 5.69 Å². The lowest BCUT2D eigenvalue weighted by atomic mass is 10.0. The number of fused-ring (bicyclic) bond motifs is 1. The predicted octanol–water partition coefficient (Wildman–Crippen LogP) is 3.79. The molecule has 0 N–H and O–H groups in total. The Morgan fingerprint density at radius 3 is 2.80 bits per heavy atom. The van der Waals surface area contributed by atoms with Crippen LogP contribution in [0, 0.1) is 0 Å². The molecule has 1 aliphatic rings. The lowest BCUT2D eigenvalue weighted by Crippen LogP contribution is -2.43. The first-order valence-corrected chi connectivity index (χ1v) is 11.1. The van der Waals surface area contributed by atoms with Crippen LogP contribution in [-0.4, -0.2) is 38.0 Å². The van der Waals surface area contributed by atoms with Crippen molar-refractivity contribution in [3.8, 4) is 0 Å². The van der Waals surface area contributed by atoms with Gasteiger partial charge in [-0.15, -0.1) is 0 Å². The average molecular weight is 419 g/mol. The van der Waals surface area contributed by atoms with Crippen LogP contribution in [0.4, 0.5) is 0 Å². The maximum Gasteiger partial charge on any atom is 0.330 e. The van der Waals surface area contributed by atoms with E-state index in [2.05, 4.69) is 4.98 Å². The molecule has 0 spiro atoms. The van der Waals surface area contributed by atoms with Crippen LogP contribution in [-0.2, 0) is 6.54 Å². The topological polar surface area (TPSA) is 60.1 Å². The van der Waals surface area contributed by atoms with Gasteiger partial charge in [0.25, 0.3) is 5.91 Å². The molecule has 1 fully saturated rings. The van der Waals surface area contributed by atoms with Gasteiger partial charge in [-0.25, -0.2) is 9.78 Å². The number of carbonyl (C=O) groups is 1. The molecule has 4 heterocycles. The van der Waals surface area contributed by atoms with Gasteiger partial charge in [-0.2, -0.15) is 11.3 Å². The number of benzene rings is 1. The van der Waals surface area contributed by atoms with E-state index in [1.54, 1.807) is 15.3 Å². The third-order valence-electron chi connectivity index (χ3n) is 5.72. The number of amides is 1. The lowest BCUT2D eigenvalue weighted by molar-refractivity contribution is 0.0679. The van der Waals surface area contributed by atoms with Crippen LogP contribution >= 0.6 is 11.3 Å². The predicted molar refractivity (Wildman–Crippen MR) is 118 cm³/mol. The summed E-state index contributed by atoms with van der Waals surface area (Å²) in [5, 5.41) is 3.80. The smallest absolute Gasteiger partial charge is 0.330 e. The quantitative estimate of drug-likeness (QED) is 0.507. The monoisotopic (exact) mass is 418 g/mol. The minimum atomic E-state index is -0.0803. The molecule has 4 aromatic rings. The van der Waals surface area contributed by atoms with Gasteiger partial charge >= 0.3 is 5.69 Å². The SMILES string of the molecule is O=C(c1ccsc1)N1CCC[C@H](n2c(=O)n(Cc3ccccc3)c3cccnc32)C1. The number of rotatable bonds is 4. The van der Waals surface area contributed by atoms with Crippen molar-refractivity contribution in [3.05, 3.63) is 87.1 Å². The summed E-state index contributed by atoms with van der Waals surface area (Å²) in [6, 6.07) is 15.6. The number of imidazole rings is 1. The lowest BCUT2D eigenvalue weighted by Gasteiger charge is -2.33.